The summed E-state index contributed by atoms with van der Waals surface area (Å²) < 4.78 is 0. The topological polar surface area (TPSA) is 56.8 Å². The molecule has 2 aromatic rings. The van der Waals surface area contributed by atoms with E-state index in [0.29, 0.717) is 11.8 Å². The Morgan fingerprint density at radius 3 is 3.18 bits per heavy atom. The maximum Gasteiger partial charge on any atom is 0.133 e. The molecule has 3 rings (SSSR count). The SMILES string of the molecule is CCC1C=Nc2[nH]ccc2C(c2cn[nH]c2)C1. The largest absolute Gasteiger partial charge is 0.346 e. The Kier molecular flexibility index (Phi) is 2.55. The van der Waals surface area contributed by atoms with Crippen molar-refractivity contribution in [3.05, 3.63) is 35.8 Å². The minimum Gasteiger partial charge on any atom is -0.346 e. The van der Waals surface area contributed by atoms with E-state index in [9.17, 15) is 0 Å². The number of hydrogen-bond acceptors (Lipinski definition) is 2. The number of aromatic amines is 2. The molecule has 1 aliphatic heterocycles. The van der Waals surface area contributed by atoms with E-state index in [0.717, 1.165) is 18.7 Å². The fourth-order valence-electron chi connectivity index (χ4n) is 2.48. The minimum absolute atomic E-state index is 0.391. The summed E-state index contributed by atoms with van der Waals surface area (Å²) in [5, 5.41) is 6.96. The van der Waals surface area contributed by atoms with Crippen LogP contribution in [0, 0.1) is 5.92 Å². The number of nitrogens with one attached hydrogen (secondary N) is 2. The van der Waals surface area contributed by atoms with Gasteiger partial charge in [0.2, 0.25) is 0 Å². The second-order valence-corrected chi connectivity index (χ2v) is 4.55. The van der Waals surface area contributed by atoms with Crippen molar-refractivity contribution in [3.63, 3.8) is 0 Å². The van der Waals surface area contributed by atoms with E-state index >= 15 is 0 Å². The second-order valence-electron chi connectivity index (χ2n) is 4.55. The zero-order chi connectivity index (χ0) is 11.7. The van der Waals surface area contributed by atoms with Crippen molar-refractivity contribution in [3.8, 4) is 0 Å². The van der Waals surface area contributed by atoms with Gasteiger partial charge in [0.15, 0.2) is 0 Å². The van der Waals surface area contributed by atoms with Crippen LogP contribution in [0.4, 0.5) is 5.82 Å². The zero-order valence-corrected chi connectivity index (χ0v) is 9.85. The van der Waals surface area contributed by atoms with Gasteiger partial charge in [-0.2, -0.15) is 5.10 Å². The first-order chi connectivity index (χ1) is 8.38. The third-order valence-corrected chi connectivity index (χ3v) is 3.53. The maximum atomic E-state index is 4.55. The summed E-state index contributed by atoms with van der Waals surface area (Å²) in [6.07, 6.45) is 10.2. The van der Waals surface area contributed by atoms with Gasteiger partial charge in [-0.05, 0) is 30.4 Å². The van der Waals surface area contributed by atoms with E-state index in [4.69, 9.17) is 0 Å². The lowest BCUT2D eigenvalue weighted by Gasteiger charge is -2.16. The molecule has 2 atom stereocenters. The molecule has 0 aliphatic carbocycles. The van der Waals surface area contributed by atoms with Gasteiger partial charge >= 0.3 is 0 Å². The predicted molar refractivity (Wildman–Crippen MR) is 67.8 cm³/mol. The first-order valence-electron chi connectivity index (χ1n) is 6.08. The van der Waals surface area contributed by atoms with E-state index in [2.05, 4.69) is 39.4 Å². The lowest BCUT2D eigenvalue weighted by atomic mass is 9.86. The highest BCUT2D eigenvalue weighted by Gasteiger charge is 2.24. The quantitative estimate of drug-likeness (QED) is 0.815. The Hall–Kier alpha value is -1.84. The summed E-state index contributed by atoms with van der Waals surface area (Å²) in [5.74, 6) is 1.92. The van der Waals surface area contributed by atoms with Crippen LogP contribution in [0.15, 0.2) is 29.6 Å². The van der Waals surface area contributed by atoms with E-state index in [1.54, 1.807) is 0 Å². The lowest BCUT2D eigenvalue weighted by Crippen LogP contribution is -2.06. The number of H-pyrrole nitrogens is 2. The van der Waals surface area contributed by atoms with Crippen molar-refractivity contribution in [2.75, 3.05) is 0 Å². The first kappa shape index (κ1) is 10.3. The molecule has 0 radical (unpaired) electrons. The van der Waals surface area contributed by atoms with Crippen LogP contribution in [-0.4, -0.2) is 21.4 Å². The highest BCUT2D eigenvalue weighted by molar-refractivity contribution is 5.68. The first-order valence-corrected chi connectivity index (χ1v) is 6.08. The van der Waals surface area contributed by atoms with Crippen molar-refractivity contribution in [1.82, 2.24) is 15.2 Å². The maximum absolute atomic E-state index is 4.55. The minimum atomic E-state index is 0.391. The van der Waals surface area contributed by atoms with Gasteiger partial charge in [0.05, 0.1) is 6.20 Å². The average molecular weight is 228 g/mol. The summed E-state index contributed by atoms with van der Waals surface area (Å²) in [6, 6.07) is 2.13. The standard InChI is InChI=1S/C13H16N4/c1-2-9-5-12(10-7-16-17-8-10)11-3-4-14-13(11)15-6-9/h3-4,6-9,12,14H,2,5H2,1H3,(H,16,17). The number of nitrogens with zero attached hydrogens (tertiary/aromatic N) is 2. The molecule has 2 unspecified atom stereocenters. The fourth-order valence-corrected chi connectivity index (χ4v) is 2.48. The van der Waals surface area contributed by atoms with Crippen LogP contribution in [0.25, 0.3) is 0 Å². The van der Waals surface area contributed by atoms with Gasteiger partial charge < -0.3 is 4.98 Å². The molecule has 0 saturated carbocycles. The van der Waals surface area contributed by atoms with E-state index < -0.39 is 0 Å². The van der Waals surface area contributed by atoms with Crippen LogP contribution in [0.3, 0.4) is 0 Å². The summed E-state index contributed by atoms with van der Waals surface area (Å²) in [7, 11) is 0. The molecule has 0 bridgehead atoms. The van der Waals surface area contributed by atoms with Crippen molar-refractivity contribution in [2.24, 2.45) is 10.9 Å². The molecule has 4 nitrogen and oxygen atoms in total. The van der Waals surface area contributed by atoms with E-state index in [1.165, 1.54) is 11.1 Å². The zero-order valence-electron chi connectivity index (χ0n) is 9.85. The van der Waals surface area contributed by atoms with Gasteiger partial charge in [-0.25, -0.2) is 4.99 Å². The van der Waals surface area contributed by atoms with Gasteiger partial charge in [-0.15, -0.1) is 0 Å². The number of aromatic nitrogens is 3. The molecular formula is C13H16N4. The van der Waals surface area contributed by atoms with Crippen LogP contribution >= 0.6 is 0 Å². The molecule has 17 heavy (non-hydrogen) atoms. The Bertz CT molecular complexity index is 509. The number of fused-ring (bicyclic) bond motifs is 1. The van der Waals surface area contributed by atoms with Crippen molar-refractivity contribution < 1.29 is 0 Å². The molecule has 4 heteroatoms. The third kappa shape index (κ3) is 1.79. The molecular weight excluding hydrogens is 212 g/mol. The molecule has 0 spiro atoms. The Labute approximate surface area is 100 Å². The van der Waals surface area contributed by atoms with Crippen molar-refractivity contribution in [2.45, 2.75) is 25.7 Å². The average Bonchev–Trinajstić information content (AvgIpc) is 2.99. The van der Waals surface area contributed by atoms with Crippen LogP contribution in [0.5, 0.6) is 0 Å². The molecule has 3 heterocycles. The molecule has 0 amide bonds. The fraction of sp³-hybridized carbons (Fsp3) is 0.385. The van der Waals surface area contributed by atoms with Gasteiger partial charge in [0.25, 0.3) is 0 Å². The monoisotopic (exact) mass is 228 g/mol. The number of aliphatic imine (C=N–C) groups is 1. The predicted octanol–water partition coefficient (Wildman–Crippen LogP) is 3.00. The molecule has 0 saturated heterocycles. The van der Waals surface area contributed by atoms with Gasteiger partial charge in [0.1, 0.15) is 5.82 Å². The van der Waals surface area contributed by atoms with Crippen molar-refractivity contribution >= 4 is 12.0 Å². The Balaban J connectivity index is 2.03. The Morgan fingerprint density at radius 2 is 2.41 bits per heavy atom. The third-order valence-electron chi connectivity index (χ3n) is 3.53. The molecule has 1 aliphatic rings. The van der Waals surface area contributed by atoms with Crippen LogP contribution in [0.1, 0.15) is 36.8 Å². The van der Waals surface area contributed by atoms with Gasteiger partial charge in [-0.1, -0.05) is 6.92 Å². The van der Waals surface area contributed by atoms with E-state index in [-0.39, 0.29) is 0 Å². The molecule has 88 valence electrons. The Morgan fingerprint density at radius 1 is 1.47 bits per heavy atom. The van der Waals surface area contributed by atoms with Crippen molar-refractivity contribution in [1.29, 1.82) is 0 Å². The molecule has 0 aromatic carbocycles. The number of hydrogen-bond donors (Lipinski definition) is 2. The summed E-state index contributed by atoms with van der Waals surface area (Å²) >= 11 is 0. The molecule has 0 fully saturated rings. The van der Waals surface area contributed by atoms with Gasteiger partial charge in [0, 0.05) is 30.1 Å². The van der Waals surface area contributed by atoms with E-state index in [1.807, 2.05) is 18.6 Å². The molecule has 2 aromatic heterocycles. The highest BCUT2D eigenvalue weighted by Crippen LogP contribution is 2.38. The van der Waals surface area contributed by atoms with Crippen LogP contribution in [0.2, 0.25) is 0 Å². The van der Waals surface area contributed by atoms with Crippen LogP contribution in [-0.2, 0) is 0 Å². The highest BCUT2D eigenvalue weighted by atomic mass is 15.1. The second kappa shape index (κ2) is 4.20. The molecule has 2 N–H and O–H groups in total. The summed E-state index contributed by atoms with van der Waals surface area (Å²) in [6.45, 7) is 2.21. The van der Waals surface area contributed by atoms with Crippen LogP contribution < -0.4 is 0 Å². The summed E-state index contributed by atoms with van der Waals surface area (Å²) in [5.41, 5.74) is 2.52. The lowest BCUT2D eigenvalue weighted by molar-refractivity contribution is 0.575. The smallest absolute Gasteiger partial charge is 0.133 e. The van der Waals surface area contributed by atoms with Gasteiger partial charge in [-0.3, -0.25) is 5.10 Å². The summed E-state index contributed by atoms with van der Waals surface area (Å²) in [4.78, 5) is 7.75. The number of rotatable bonds is 2. The normalized spacial score (nSPS) is 23.4.